The third kappa shape index (κ3) is 4.47. The second-order valence-electron chi connectivity index (χ2n) is 6.70. The van der Waals surface area contributed by atoms with Crippen LogP contribution in [0.3, 0.4) is 0 Å². The standard InChI is InChI=1S/C21H31N3O2/c1-8-24-17(6)20(16(5)23-24)15(4)22-12-18-10-9-11-19(25-7)21(18)26-13-14(2)3/h9-11,15,22H,2,8,12-13H2,1,3-7H3. The van der Waals surface area contributed by atoms with Gasteiger partial charge in [0.25, 0.3) is 0 Å². The first-order valence-electron chi connectivity index (χ1n) is 9.09. The summed E-state index contributed by atoms with van der Waals surface area (Å²) in [5.41, 5.74) is 5.60. The summed E-state index contributed by atoms with van der Waals surface area (Å²) in [6.45, 7) is 16.4. The number of aryl methyl sites for hydroxylation is 2. The minimum absolute atomic E-state index is 0.190. The van der Waals surface area contributed by atoms with Crippen LogP contribution in [0, 0.1) is 13.8 Å². The van der Waals surface area contributed by atoms with Crippen LogP contribution in [0.4, 0.5) is 0 Å². The Morgan fingerprint density at radius 3 is 2.65 bits per heavy atom. The maximum absolute atomic E-state index is 5.95. The van der Waals surface area contributed by atoms with Gasteiger partial charge in [0, 0.05) is 36.0 Å². The molecule has 0 saturated heterocycles. The molecule has 0 bridgehead atoms. The Kier molecular flexibility index (Phi) is 6.86. The second-order valence-corrected chi connectivity index (χ2v) is 6.70. The molecule has 1 atom stereocenters. The number of ether oxygens (including phenoxy) is 2. The monoisotopic (exact) mass is 357 g/mol. The maximum atomic E-state index is 5.95. The topological polar surface area (TPSA) is 48.3 Å². The van der Waals surface area contributed by atoms with E-state index in [2.05, 4.69) is 55.4 Å². The van der Waals surface area contributed by atoms with Gasteiger partial charge in [-0.3, -0.25) is 4.68 Å². The van der Waals surface area contributed by atoms with Gasteiger partial charge in [0.15, 0.2) is 11.5 Å². The Morgan fingerprint density at radius 2 is 2.08 bits per heavy atom. The largest absolute Gasteiger partial charge is 0.493 e. The molecule has 2 rings (SSSR count). The first-order chi connectivity index (χ1) is 12.4. The molecule has 26 heavy (non-hydrogen) atoms. The van der Waals surface area contributed by atoms with Crippen LogP contribution in [-0.4, -0.2) is 23.5 Å². The van der Waals surface area contributed by atoms with Crippen molar-refractivity contribution in [3.8, 4) is 11.5 Å². The van der Waals surface area contributed by atoms with Crippen LogP contribution in [0.25, 0.3) is 0 Å². The number of hydrogen-bond acceptors (Lipinski definition) is 4. The van der Waals surface area contributed by atoms with E-state index in [1.165, 1.54) is 11.3 Å². The fourth-order valence-electron chi connectivity index (χ4n) is 3.23. The molecule has 2 aromatic rings. The third-order valence-corrected chi connectivity index (χ3v) is 4.51. The molecular weight excluding hydrogens is 326 g/mol. The molecular formula is C21H31N3O2. The molecule has 5 nitrogen and oxygen atoms in total. The van der Waals surface area contributed by atoms with Crippen LogP contribution in [0.15, 0.2) is 30.4 Å². The molecule has 0 aliphatic carbocycles. The van der Waals surface area contributed by atoms with E-state index >= 15 is 0 Å². The van der Waals surface area contributed by atoms with Crippen molar-refractivity contribution in [1.82, 2.24) is 15.1 Å². The summed E-state index contributed by atoms with van der Waals surface area (Å²) >= 11 is 0. The lowest BCUT2D eigenvalue weighted by Gasteiger charge is -2.18. The third-order valence-electron chi connectivity index (χ3n) is 4.51. The molecule has 0 fully saturated rings. The van der Waals surface area contributed by atoms with Gasteiger partial charge in [0.2, 0.25) is 0 Å². The smallest absolute Gasteiger partial charge is 0.166 e. The molecule has 0 saturated carbocycles. The number of aromatic nitrogens is 2. The molecule has 0 amide bonds. The lowest BCUT2D eigenvalue weighted by molar-refractivity contribution is 0.315. The summed E-state index contributed by atoms with van der Waals surface area (Å²) in [6, 6.07) is 6.15. The van der Waals surface area contributed by atoms with E-state index in [-0.39, 0.29) is 6.04 Å². The highest BCUT2D eigenvalue weighted by Gasteiger charge is 2.18. The fourth-order valence-corrected chi connectivity index (χ4v) is 3.23. The molecule has 0 spiro atoms. The number of rotatable bonds is 9. The van der Waals surface area contributed by atoms with Crippen LogP contribution >= 0.6 is 0 Å². The minimum atomic E-state index is 0.190. The molecule has 5 heteroatoms. The first kappa shape index (κ1) is 20.0. The van der Waals surface area contributed by atoms with Gasteiger partial charge in [0.1, 0.15) is 6.61 Å². The molecule has 1 unspecified atom stereocenters. The lowest BCUT2D eigenvalue weighted by Crippen LogP contribution is -2.20. The Hall–Kier alpha value is -2.27. The highest BCUT2D eigenvalue weighted by atomic mass is 16.5. The number of hydrogen-bond donors (Lipinski definition) is 1. The van der Waals surface area contributed by atoms with Crippen LogP contribution in [0.2, 0.25) is 0 Å². The van der Waals surface area contributed by atoms with Gasteiger partial charge >= 0.3 is 0 Å². The Morgan fingerprint density at radius 1 is 1.35 bits per heavy atom. The van der Waals surface area contributed by atoms with Gasteiger partial charge in [-0.2, -0.15) is 5.10 Å². The van der Waals surface area contributed by atoms with Crippen molar-refractivity contribution < 1.29 is 9.47 Å². The molecule has 1 N–H and O–H groups in total. The van der Waals surface area contributed by atoms with E-state index in [0.29, 0.717) is 13.2 Å². The highest BCUT2D eigenvalue weighted by Crippen LogP contribution is 2.32. The quantitative estimate of drug-likeness (QED) is 0.679. The molecule has 142 valence electrons. The van der Waals surface area contributed by atoms with E-state index in [9.17, 15) is 0 Å². The van der Waals surface area contributed by atoms with Crippen molar-refractivity contribution in [1.29, 1.82) is 0 Å². The number of benzene rings is 1. The number of para-hydroxylation sites is 1. The SMILES string of the molecule is C=C(C)COc1c(CNC(C)c2c(C)nn(CC)c2C)cccc1OC. The Balaban J connectivity index is 2.18. The van der Waals surface area contributed by atoms with Crippen LogP contribution < -0.4 is 14.8 Å². The zero-order chi connectivity index (χ0) is 19.3. The Bertz CT molecular complexity index is 765. The van der Waals surface area contributed by atoms with E-state index in [1.54, 1.807) is 7.11 Å². The Labute approximate surface area is 157 Å². The normalized spacial score (nSPS) is 12.1. The number of methoxy groups -OCH3 is 1. The summed E-state index contributed by atoms with van der Waals surface area (Å²) in [5.74, 6) is 1.51. The summed E-state index contributed by atoms with van der Waals surface area (Å²) in [4.78, 5) is 0. The molecule has 1 aromatic heterocycles. The lowest BCUT2D eigenvalue weighted by atomic mass is 10.1. The zero-order valence-corrected chi connectivity index (χ0v) is 16.8. The summed E-state index contributed by atoms with van der Waals surface area (Å²) in [6.07, 6.45) is 0. The van der Waals surface area contributed by atoms with Crippen molar-refractivity contribution in [2.24, 2.45) is 0 Å². The van der Waals surface area contributed by atoms with Crippen LogP contribution in [0.5, 0.6) is 11.5 Å². The minimum Gasteiger partial charge on any atom is -0.493 e. The van der Waals surface area contributed by atoms with Crippen molar-refractivity contribution in [3.05, 3.63) is 52.9 Å². The van der Waals surface area contributed by atoms with Crippen molar-refractivity contribution in [3.63, 3.8) is 0 Å². The number of nitrogens with zero attached hydrogens (tertiary/aromatic N) is 2. The van der Waals surface area contributed by atoms with Crippen molar-refractivity contribution >= 4 is 0 Å². The first-order valence-corrected chi connectivity index (χ1v) is 9.09. The predicted molar refractivity (Wildman–Crippen MR) is 106 cm³/mol. The summed E-state index contributed by atoms with van der Waals surface area (Å²) < 4.78 is 13.5. The average molecular weight is 357 g/mol. The highest BCUT2D eigenvalue weighted by molar-refractivity contribution is 5.47. The molecule has 1 aromatic carbocycles. The van der Waals surface area contributed by atoms with E-state index in [4.69, 9.17) is 9.47 Å². The fraction of sp³-hybridized carbons (Fsp3) is 0.476. The van der Waals surface area contributed by atoms with Gasteiger partial charge in [-0.1, -0.05) is 18.7 Å². The van der Waals surface area contributed by atoms with Gasteiger partial charge < -0.3 is 14.8 Å². The second kappa shape index (κ2) is 8.90. The van der Waals surface area contributed by atoms with E-state index < -0.39 is 0 Å². The zero-order valence-electron chi connectivity index (χ0n) is 16.8. The van der Waals surface area contributed by atoms with E-state index in [0.717, 1.165) is 34.9 Å². The molecule has 1 heterocycles. The summed E-state index contributed by atoms with van der Waals surface area (Å²) in [5, 5.41) is 8.22. The molecule has 0 aliphatic heterocycles. The molecule has 0 aliphatic rings. The van der Waals surface area contributed by atoms with Gasteiger partial charge in [-0.05, 0) is 46.3 Å². The molecule has 0 radical (unpaired) electrons. The van der Waals surface area contributed by atoms with E-state index in [1.807, 2.05) is 19.1 Å². The van der Waals surface area contributed by atoms with Crippen LogP contribution in [-0.2, 0) is 13.1 Å². The van der Waals surface area contributed by atoms with Gasteiger partial charge in [-0.25, -0.2) is 0 Å². The maximum Gasteiger partial charge on any atom is 0.166 e. The van der Waals surface area contributed by atoms with Crippen LogP contribution in [0.1, 0.15) is 49.3 Å². The van der Waals surface area contributed by atoms with Crippen molar-refractivity contribution in [2.75, 3.05) is 13.7 Å². The predicted octanol–water partition coefficient (Wildman–Crippen LogP) is 4.33. The van der Waals surface area contributed by atoms with Gasteiger partial charge in [-0.15, -0.1) is 0 Å². The summed E-state index contributed by atoms with van der Waals surface area (Å²) in [7, 11) is 1.66. The number of nitrogens with one attached hydrogen (secondary N) is 1. The van der Waals surface area contributed by atoms with Crippen molar-refractivity contribution in [2.45, 2.75) is 53.8 Å². The average Bonchev–Trinajstić information content (AvgIpc) is 2.91. The van der Waals surface area contributed by atoms with Gasteiger partial charge in [0.05, 0.1) is 12.8 Å².